The minimum absolute atomic E-state index is 0.00426. The number of hydrogen-bond acceptors (Lipinski definition) is 3. The summed E-state index contributed by atoms with van der Waals surface area (Å²) in [5, 5.41) is 6.33. The molecule has 1 amide bonds. The highest BCUT2D eigenvalue weighted by Crippen LogP contribution is 2.16. The molecule has 0 unspecified atom stereocenters. The van der Waals surface area contributed by atoms with E-state index >= 15 is 0 Å². The molecule has 0 saturated carbocycles. The molecule has 1 aromatic rings. The zero-order valence-electron chi connectivity index (χ0n) is 8.69. The summed E-state index contributed by atoms with van der Waals surface area (Å²) in [6.45, 7) is 0.888. The zero-order valence-corrected chi connectivity index (χ0v) is 9.44. The SMILES string of the molecule is NCCN1N=C(c2ccc(Cl)cc2)CC1=O. The van der Waals surface area contributed by atoms with Crippen LogP contribution in [0.4, 0.5) is 0 Å². The lowest BCUT2D eigenvalue weighted by molar-refractivity contribution is -0.128. The van der Waals surface area contributed by atoms with Crippen molar-refractivity contribution >= 4 is 23.2 Å². The van der Waals surface area contributed by atoms with E-state index in [0.29, 0.717) is 24.5 Å². The average Bonchev–Trinajstić information content (AvgIpc) is 2.62. The van der Waals surface area contributed by atoms with E-state index in [4.69, 9.17) is 17.3 Å². The van der Waals surface area contributed by atoms with Gasteiger partial charge in [-0.05, 0) is 17.7 Å². The number of nitrogens with zero attached hydrogens (tertiary/aromatic N) is 2. The van der Waals surface area contributed by atoms with Gasteiger partial charge in [0.15, 0.2) is 0 Å². The highest BCUT2D eigenvalue weighted by atomic mass is 35.5. The number of amides is 1. The summed E-state index contributed by atoms with van der Waals surface area (Å²) in [6, 6.07) is 7.30. The van der Waals surface area contributed by atoms with Crippen LogP contribution in [0.25, 0.3) is 0 Å². The topological polar surface area (TPSA) is 58.7 Å². The molecule has 0 fully saturated rings. The highest BCUT2D eigenvalue weighted by Gasteiger charge is 2.23. The molecular weight excluding hydrogens is 226 g/mol. The molecule has 1 aromatic carbocycles. The summed E-state index contributed by atoms with van der Waals surface area (Å²) in [5.41, 5.74) is 7.10. The van der Waals surface area contributed by atoms with E-state index in [9.17, 15) is 4.79 Å². The van der Waals surface area contributed by atoms with E-state index in [1.54, 1.807) is 12.1 Å². The van der Waals surface area contributed by atoms with E-state index < -0.39 is 0 Å². The Balaban J connectivity index is 2.20. The Bertz CT molecular complexity index is 427. The Morgan fingerprint density at radius 3 is 2.69 bits per heavy atom. The molecule has 0 spiro atoms. The van der Waals surface area contributed by atoms with Crippen LogP contribution in [-0.4, -0.2) is 29.7 Å². The summed E-state index contributed by atoms with van der Waals surface area (Å²) in [5.74, 6) is -0.00426. The summed E-state index contributed by atoms with van der Waals surface area (Å²) in [4.78, 5) is 11.5. The summed E-state index contributed by atoms with van der Waals surface area (Å²) >= 11 is 5.79. The van der Waals surface area contributed by atoms with Crippen LogP contribution in [0.1, 0.15) is 12.0 Å². The second-order valence-electron chi connectivity index (χ2n) is 3.54. The third-order valence-electron chi connectivity index (χ3n) is 2.37. The Morgan fingerprint density at radius 1 is 1.38 bits per heavy atom. The number of carbonyl (C=O) groups is 1. The van der Waals surface area contributed by atoms with Crippen LogP contribution in [-0.2, 0) is 4.79 Å². The third-order valence-corrected chi connectivity index (χ3v) is 2.62. The van der Waals surface area contributed by atoms with Gasteiger partial charge < -0.3 is 5.73 Å². The largest absolute Gasteiger partial charge is 0.329 e. The fraction of sp³-hybridized carbons (Fsp3) is 0.273. The predicted octanol–water partition coefficient (Wildman–Crippen LogP) is 1.24. The van der Waals surface area contributed by atoms with Gasteiger partial charge in [0.2, 0.25) is 5.91 Å². The number of rotatable bonds is 3. The second-order valence-corrected chi connectivity index (χ2v) is 3.97. The van der Waals surface area contributed by atoms with E-state index in [1.165, 1.54) is 5.01 Å². The maximum Gasteiger partial charge on any atom is 0.248 e. The summed E-state index contributed by atoms with van der Waals surface area (Å²) in [7, 11) is 0. The van der Waals surface area contributed by atoms with Crippen molar-refractivity contribution in [3.63, 3.8) is 0 Å². The number of halogens is 1. The van der Waals surface area contributed by atoms with Crippen molar-refractivity contribution in [2.75, 3.05) is 13.1 Å². The maximum atomic E-state index is 11.5. The third kappa shape index (κ3) is 2.23. The van der Waals surface area contributed by atoms with Crippen LogP contribution >= 0.6 is 11.6 Å². The van der Waals surface area contributed by atoms with E-state index in [1.807, 2.05) is 12.1 Å². The van der Waals surface area contributed by atoms with Gasteiger partial charge in [0.05, 0.1) is 18.7 Å². The molecule has 0 aromatic heterocycles. The van der Waals surface area contributed by atoms with Crippen LogP contribution in [0.5, 0.6) is 0 Å². The fourth-order valence-corrected chi connectivity index (χ4v) is 1.70. The molecule has 84 valence electrons. The number of benzene rings is 1. The van der Waals surface area contributed by atoms with Crippen LogP contribution in [0.2, 0.25) is 5.02 Å². The van der Waals surface area contributed by atoms with Crippen LogP contribution in [0, 0.1) is 0 Å². The quantitative estimate of drug-likeness (QED) is 0.860. The average molecular weight is 238 g/mol. The number of carbonyl (C=O) groups excluding carboxylic acids is 1. The molecule has 1 aliphatic rings. The van der Waals surface area contributed by atoms with E-state index in [-0.39, 0.29) is 5.91 Å². The van der Waals surface area contributed by atoms with Gasteiger partial charge in [0.1, 0.15) is 0 Å². The van der Waals surface area contributed by atoms with Crippen molar-refractivity contribution in [1.82, 2.24) is 5.01 Å². The first kappa shape index (κ1) is 11.1. The first-order valence-corrected chi connectivity index (χ1v) is 5.42. The maximum absolute atomic E-state index is 11.5. The Labute approximate surface area is 98.7 Å². The molecule has 5 heteroatoms. The van der Waals surface area contributed by atoms with Gasteiger partial charge in [-0.3, -0.25) is 4.79 Å². The molecule has 1 aliphatic heterocycles. The first-order chi connectivity index (χ1) is 7.70. The van der Waals surface area contributed by atoms with Crippen molar-refractivity contribution in [3.05, 3.63) is 34.9 Å². The second kappa shape index (κ2) is 4.63. The predicted molar refractivity (Wildman–Crippen MR) is 63.4 cm³/mol. The van der Waals surface area contributed by atoms with E-state index in [2.05, 4.69) is 5.10 Å². The van der Waals surface area contributed by atoms with Crippen LogP contribution in [0.15, 0.2) is 29.4 Å². The van der Waals surface area contributed by atoms with Gasteiger partial charge >= 0.3 is 0 Å². The van der Waals surface area contributed by atoms with Crippen molar-refractivity contribution in [2.24, 2.45) is 10.8 Å². The minimum Gasteiger partial charge on any atom is -0.329 e. The summed E-state index contributed by atoms with van der Waals surface area (Å²) in [6.07, 6.45) is 0.335. The van der Waals surface area contributed by atoms with Crippen LogP contribution in [0.3, 0.4) is 0 Å². The van der Waals surface area contributed by atoms with Gasteiger partial charge in [-0.25, -0.2) is 5.01 Å². The zero-order chi connectivity index (χ0) is 11.5. The number of nitrogens with two attached hydrogens (primary N) is 1. The van der Waals surface area contributed by atoms with Gasteiger partial charge in [0, 0.05) is 11.6 Å². The lowest BCUT2D eigenvalue weighted by atomic mass is 10.1. The molecule has 1 heterocycles. The molecule has 0 bridgehead atoms. The molecule has 16 heavy (non-hydrogen) atoms. The van der Waals surface area contributed by atoms with E-state index in [0.717, 1.165) is 11.3 Å². The van der Waals surface area contributed by atoms with Crippen LogP contribution < -0.4 is 5.73 Å². The Kier molecular flexibility index (Phi) is 3.22. The lowest BCUT2D eigenvalue weighted by Crippen LogP contribution is -2.26. The molecule has 4 nitrogen and oxygen atoms in total. The Hall–Kier alpha value is -1.39. The van der Waals surface area contributed by atoms with Gasteiger partial charge in [-0.1, -0.05) is 23.7 Å². The number of hydrazone groups is 1. The summed E-state index contributed by atoms with van der Waals surface area (Å²) < 4.78 is 0. The van der Waals surface area contributed by atoms with Gasteiger partial charge in [-0.15, -0.1) is 0 Å². The van der Waals surface area contributed by atoms with Crippen molar-refractivity contribution < 1.29 is 4.79 Å². The molecular formula is C11H12ClN3O. The van der Waals surface area contributed by atoms with Gasteiger partial charge in [0.25, 0.3) is 0 Å². The molecule has 0 atom stereocenters. The highest BCUT2D eigenvalue weighted by molar-refractivity contribution is 6.30. The number of hydrogen-bond donors (Lipinski definition) is 1. The molecule has 2 rings (SSSR count). The first-order valence-electron chi connectivity index (χ1n) is 5.04. The smallest absolute Gasteiger partial charge is 0.248 e. The van der Waals surface area contributed by atoms with Crippen molar-refractivity contribution in [2.45, 2.75) is 6.42 Å². The van der Waals surface area contributed by atoms with Crippen molar-refractivity contribution in [1.29, 1.82) is 0 Å². The van der Waals surface area contributed by atoms with Crippen molar-refractivity contribution in [3.8, 4) is 0 Å². The minimum atomic E-state index is -0.00426. The Morgan fingerprint density at radius 2 is 2.06 bits per heavy atom. The molecule has 0 saturated heterocycles. The molecule has 0 radical (unpaired) electrons. The molecule has 2 N–H and O–H groups in total. The normalized spacial score (nSPS) is 15.5. The fourth-order valence-electron chi connectivity index (χ4n) is 1.57. The standard InChI is InChI=1S/C11H12ClN3O/c12-9-3-1-8(2-4-9)10-7-11(16)15(14-10)6-5-13/h1-4H,5-7,13H2. The lowest BCUT2D eigenvalue weighted by Gasteiger charge is -2.08. The van der Waals surface area contributed by atoms with Gasteiger partial charge in [-0.2, -0.15) is 5.10 Å². The monoisotopic (exact) mass is 237 g/mol. The molecule has 0 aliphatic carbocycles.